The Bertz CT molecular complexity index is 321. The second kappa shape index (κ2) is 5.12. The minimum absolute atomic E-state index is 0.267. The summed E-state index contributed by atoms with van der Waals surface area (Å²) in [6, 6.07) is 4.82. The van der Waals surface area contributed by atoms with Crippen LogP contribution in [-0.2, 0) is 0 Å². The summed E-state index contributed by atoms with van der Waals surface area (Å²) < 4.78 is 13.7. The van der Waals surface area contributed by atoms with Crippen molar-refractivity contribution in [2.24, 2.45) is 0 Å². The molecule has 0 fully saturated rings. The highest BCUT2D eigenvalue weighted by Gasteiger charge is 2.16. The highest BCUT2D eigenvalue weighted by atomic mass is 19.1. The fraction of sp³-hybridized carbons (Fsp3) is 0.500. The molecule has 0 saturated carbocycles. The van der Waals surface area contributed by atoms with E-state index in [0.29, 0.717) is 11.3 Å². The number of anilines is 1. The number of hydrogen-bond acceptors (Lipinski definition) is 2. The molecule has 1 aromatic rings. The first kappa shape index (κ1) is 12.0. The van der Waals surface area contributed by atoms with E-state index in [9.17, 15) is 9.50 Å². The van der Waals surface area contributed by atoms with Crippen molar-refractivity contribution in [3.63, 3.8) is 0 Å². The smallest absolute Gasteiger partial charge is 0.146 e. The van der Waals surface area contributed by atoms with Crippen molar-refractivity contribution in [1.82, 2.24) is 0 Å². The Morgan fingerprint density at radius 3 is 2.40 bits per heavy atom. The van der Waals surface area contributed by atoms with E-state index in [0.717, 1.165) is 13.1 Å². The SMILES string of the molecule is CCN(CC)c1c(F)cccc1C(C)O. The second-order valence-electron chi connectivity index (χ2n) is 3.53. The highest BCUT2D eigenvalue weighted by molar-refractivity contribution is 5.55. The third-order valence-corrected chi connectivity index (χ3v) is 2.55. The molecule has 2 nitrogen and oxygen atoms in total. The second-order valence-corrected chi connectivity index (χ2v) is 3.53. The molecule has 0 aliphatic rings. The molecule has 1 aromatic carbocycles. The van der Waals surface area contributed by atoms with E-state index >= 15 is 0 Å². The van der Waals surface area contributed by atoms with Crippen molar-refractivity contribution in [2.45, 2.75) is 26.9 Å². The summed E-state index contributed by atoms with van der Waals surface area (Å²) in [4.78, 5) is 1.91. The molecule has 15 heavy (non-hydrogen) atoms. The van der Waals surface area contributed by atoms with Crippen molar-refractivity contribution in [3.05, 3.63) is 29.6 Å². The van der Waals surface area contributed by atoms with E-state index in [1.54, 1.807) is 19.1 Å². The van der Waals surface area contributed by atoms with Gasteiger partial charge in [0.1, 0.15) is 5.82 Å². The van der Waals surface area contributed by atoms with Crippen LogP contribution in [0.4, 0.5) is 10.1 Å². The van der Waals surface area contributed by atoms with Gasteiger partial charge < -0.3 is 10.0 Å². The number of aliphatic hydroxyl groups excluding tert-OH is 1. The molecule has 0 bridgehead atoms. The first-order chi connectivity index (χ1) is 7.11. The van der Waals surface area contributed by atoms with Gasteiger partial charge in [0.25, 0.3) is 0 Å². The summed E-state index contributed by atoms with van der Waals surface area (Å²) in [5.41, 5.74) is 1.18. The van der Waals surface area contributed by atoms with Crippen molar-refractivity contribution in [3.8, 4) is 0 Å². The van der Waals surface area contributed by atoms with Crippen LogP contribution in [0.25, 0.3) is 0 Å². The van der Waals surface area contributed by atoms with Crippen LogP contribution in [0.1, 0.15) is 32.4 Å². The lowest BCUT2D eigenvalue weighted by Gasteiger charge is -2.25. The first-order valence-corrected chi connectivity index (χ1v) is 5.33. The highest BCUT2D eigenvalue weighted by Crippen LogP contribution is 2.28. The van der Waals surface area contributed by atoms with Gasteiger partial charge in [0, 0.05) is 18.7 Å². The Balaban J connectivity index is 3.23. The van der Waals surface area contributed by atoms with Crippen LogP contribution < -0.4 is 4.90 Å². The predicted molar refractivity (Wildman–Crippen MR) is 60.6 cm³/mol. The number of para-hydroxylation sites is 1. The topological polar surface area (TPSA) is 23.5 Å². The molecule has 1 unspecified atom stereocenters. The summed E-state index contributed by atoms with van der Waals surface area (Å²) >= 11 is 0. The molecular weight excluding hydrogens is 193 g/mol. The van der Waals surface area contributed by atoms with E-state index in [2.05, 4.69) is 0 Å². The molecule has 0 aromatic heterocycles. The van der Waals surface area contributed by atoms with Gasteiger partial charge in [-0.1, -0.05) is 12.1 Å². The van der Waals surface area contributed by atoms with Crippen molar-refractivity contribution < 1.29 is 9.50 Å². The largest absolute Gasteiger partial charge is 0.389 e. The molecule has 0 aliphatic heterocycles. The van der Waals surface area contributed by atoms with Crippen LogP contribution in [0.2, 0.25) is 0 Å². The summed E-state index contributed by atoms with van der Waals surface area (Å²) in [7, 11) is 0. The monoisotopic (exact) mass is 211 g/mol. The van der Waals surface area contributed by atoms with Crippen LogP contribution in [0.5, 0.6) is 0 Å². The van der Waals surface area contributed by atoms with E-state index < -0.39 is 6.10 Å². The molecule has 3 heteroatoms. The third-order valence-electron chi connectivity index (χ3n) is 2.55. The molecule has 0 aliphatic carbocycles. The van der Waals surface area contributed by atoms with E-state index in [-0.39, 0.29) is 5.82 Å². The molecule has 1 N–H and O–H groups in total. The van der Waals surface area contributed by atoms with E-state index in [1.165, 1.54) is 6.07 Å². The number of halogens is 1. The van der Waals surface area contributed by atoms with Crippen LogP contribution in [0.3, 0.4) is 0 Å². The molecule has 0 heterocycles. The standard InChI is InChI=1S/C12H18FNO/c1-4-14(5-2)12-10(9(3)15)7-6-8-11(12)13/h6-9,15H,4-5H2,1-3H3. The van der Waals surface area contributed by atoms with Crippen LogP contribution in [0, 0.1) is 5.82 Å². The Morgan fingerprint density at radius 1 is 1.33 bits per heavy atom. The normalized spacial score (nSPS) is 12.6. The van der Waals surface area contributed by atoms with Gasteiger partial charge in [0.05, 0.1) is 11.8 Å². The minimum Gasteiger partial charge on any atom is -0.389 e. The van der Waals surface area contributed by atoms with Gasteiger partial charge in [-0.3, -0.25) is 0 Å². The fourth-order valence-corrected chi connectivity index (χ4v) is 1.74. The number of rotatable bonds is 4. The Morgan fingerprint density at radius 2 is 1.93 bits per heavy atom. The summed E-state index contributed by atoms with van der Waals surface area (Å²) in [6.45, 7) is 7.07. The molecular formula is C12H18FNO. The van der Waals surface area contributed by atoms with Crippen molar-refractivity contribution in [2.75, 3.05) is 18.0 Å². The minimum atomic E-state index is -0.642. The molecule has 0 spiro atoms. The van der Waals surface area contributed by atoms with Gasteiger partial charge in [-0.15, -0.1) is 0 Å². The maximum absolute atomic E-state index is 13.7. The Kier molecular flexibility index (Phi) is 4.09. The van der Waals surface area contributed by atoms with E-state index in [1.807, 2.05) is 18.7 Å². The zero-order chi connectivity index (χ0) is 11.4. The molecule has 0 radical (unpaired) electrons. The van der Waals surface area contributed by atoms with Gasteiger partial charge in [-0.2, -0.15) is 0 Å². The molecule has 0 amide bonds. The van der Waals surface area contributed by atoms with Crippen molar-refractivity contribution in [1.29, 1.82) is 0 Å². The quantitative estimate of drug-likeness (QED) is 0.827. The lowest BCUT2D eigenvalue weighted by molar-refractivity contribution is 0.199. The van der Waals surface area contributed by atoms with Crippen LogP contribution in [-0.4, -0.2) is 18.2 Å². The van der Waals surface area contributed by atoms with Crippen molar-refractivity contribution >= 4 is 5.69 Å². The zero-order valence-electron chi connectivity index (χ0n) is 9.50. The van der Waals surface area contributed by atoms with Gasteiger partial charge >= 0.3 is 0 Å². The molecule has 84 valence electrons. The summed E-state index contributed by atoms with van der Waals surface area (Å²) in [5.74, 6) is -0.267. The van der Waals surface area contributed by atoms with Crippen LogP contribution >= 0.6 is 0 Å². The van der Waals surface area contributed by atoms with E-state index in [4.69, 9.17) is 0 Å². The van der Waals surface area contributed by atoms with Crippen LogP contribution in [0.15, 0.2) is 18.2 Å². The predicted octanol–water partition coefficient (Wildman–Crippen LogP) is 2.73. The summed E-state index contributed by atoms with van der Waals surface area (Å²) in [6.07, 6.45) is -0.642. The van der Waals surface area contributed by atoms with Gasteiger partial charge in [0.2, 0.25) is 0 Å². The Hall–Kier alpha value is -1.09. The average molecular weight is 211 g/mol. The van der Waals surface area contributed by atoms with Gasteiger partial charge in [-0.05, 0) is 26.8 Å². The number of hydrogen-bond donors (Lipinski definition) is 1. The Labute approximate surface area is 90.3 Å². The summed E-state index contributed by atoms with van der Waals surface area (Å²) in [5, 5.41) is 9.58. The lowest BCUT2D eigenvalue weighted by Crippen LogP contribution is -2.24. The molecule has 1 atom stereocenters. The maximum atomic E-state index is 13.7. The van der Waals surface area contributed by atoms with Gasteiger partial charge in [0.15, 0.2) is 0 Å². The zero-order valence-corrected chi connectivity index (χ0v) is 9.50. The number of aliphatic hydroxyl groups is 1. The fourth-order valence-electron chi connectivity index (χ4n) is 1.74. The number of nitrogens with zero attached hydrogens (tertiary/aromatic N) is 1. The maximum Gasteiger partial charge on any atom is 0.146 e. The molecule has 1 rings (SSSR count). The molecule has 0 saturated heterocycles. The first-order valence-electron chi connectivity index (χ1n) is 5.33. The lowest BCUT2D eigenvalue weighted by atomic mass is 10.1. The van der Waals surface area contributed by atoms with Gasteiger partial charge in [-0.25, -0.2) is 4.39 Å². The average Bonchev–Trinajstić information content (AvgIpc) is 2.21. The number of benzene rings is 1. The third kappa shape index (κ3) is 2.48.